The van der Waals surface area contributed by atoms with Gasteiger partial charge in [-0.1, -0.05) is 39.5 Å². The molecule has 0 atom stereocenters. The Bertz CT molecular complexity index is 179. The van der Waals surface area contributed by atoms with Gasteiger partial charge in [0.05, 0.1) is 0 Å². The Kier molecular flexibility index (Phi) is 17.8. The van der Waals surface area contributed by atoms with Crippen molar-refractivity contribution in [3.63, 3.8) is 0 Å². The van der Waals surface area contributed by atoms with Crippen molar-refractivity contribution < 1.29 is 0 Å². The molecule has 3 nitrogen and oxygen atoms in total. The molecule has 0 heterocycles. The molecule has 0 aliphatic carbocycles. The van der Waals surface area contributed by atoms with E-state index in [1.165, 1.54) is 96.9 Å². The Labute approximate surface area is 134 Å². The summed E-state index contributed by atoms with van der Waals surface area (Å²) in [7, 11) is 0. The second-order valence-electron chi connectivity index (χ2n) is 6.21. The van der Waals surface area contributed by atoms with Crippen molar-refractivity contribution in [1.82, 2.24) is 10.2 Å². The second-order valence-corrected chi connectivity index (χ2v) is 6.21. The molecule has 0 saturated heterocycles. The topological polar surface area (TPSA) is 41.3 Å². The first-order valence-electron chi connectivity index (χ1n) is 9.48. The van der Waals surface area contributed by atoms with Crippen molar-refractivity contribution in [2.45, 2.75) is 78.1 Å². The molecule has 0 aromatic rings. The molecule has 0 aliphatic heterocycles. The van der Waals surface area contributed by atoms with Gasteiger partial charge in [-0.2, -0.15) is 0 Å². The van der Waals surface area contributed by atoms with Gasteiger partial charge in [0.1, 0.15) is 0 Å². The van der Waals surface area contributed by atoms with Crippen LogP contribution in [0.4, 0.5) is 0 Å². The highest BCUT2D eigenvalue weighted by Crippen LogP contribution is 2.03. The third-order valence-corrected chi connectivity index (χ3v) is 3.97. The Morgan fingerprint density at radius 3 is 1.71 bits per heavy atom. The van der Waals surface area contributed by atoms with Gasteiger partial charge in [0.15, 0.2) is 0 Å². The van der Waals surface area contributed by atoms with Gasteiger partial charge in [0.25, 0.3) is 0 Å². The fraction of sp³-hybridized carbons (Fsp3) is 1.00. The molecule has 0 aromatic heterocycles. The van der Waals surface area contributed by atoms with E-state index in [9.17, 15) is 0 Å². The molecule has 3 N–H and O–H groups in total. The Balaban J connectivity index is 3.17. The van der Waals surface area contributed by atoms with Crippen molar-refractivity contribution >= 4 is 0 Å². The second kappa shape index (κ2) is 17.9. The third kappa shape index (κ3) is 16.1. The molecule has 0 bridgehead atoms. The predicted molar refractivity (Wildman–Crippen MR) is 95.9 cm³/mol. The lowest BCUT2D eigenvalue weighted by Crippen LogP contribution is -2.26. The molecule has 0 fully saturated rings. The SMILES string of the molecule is CCCN(CCC)CCCCCCNCCCCCCN. The maximum Gasteiger partial charge on any atom is -0.00187 e. The van der Waals surface area contributed by atoms with Crippen LogP contribution in [0.1, 0.15) is 78.1 Å². The highest BCUT2D eigenvalue weighted by atomic mass is 15.1. The molecule has 0 saturated carbocycles. The molecule has 0 unspecified atom stereocenters. The van der Waals surface area contributed by atoms with Gasteiger partial charge < -0.3 is 16.0 Å². The van der Waals surface area contributed by atoms with E-state index in [4.69, 9.17) is 5.73 Å². The number of hydrogen-bond donors (Lipinski definition) is 2. The normalized spacial score (nSPS) is 11.4. The molecular formula is C18H41N3. The quantitative estimate of drug-likeness (QED) is 0.402. The van der Waals surface area contributed by atoms with Gasteiger partial charge in [-0.15, -0.1) is 0 Å². The molecule has 0 amide bonds. The molecule has 128 valence electrons. The summed E-state index contributed by atoms with van der Waals surface area (Å²) >= 11 is 0. The van der Waals surface area contributed by atoms with Gasteiger partial charge in [0, 0.05) is 0 Å². The van der Waals surface area contributed by atoms with E-state index >= 15 is 0 Å². The van der Waals surface area contributed by atoms with Gasteiger partial charge in [-0.25, -0.2) is 0 Å². The summed E-state index contributed by atoms with van der Waals surface area (Å²) < 4.78 is 0. The monoisotopic (exact) mass is 299 g/mol. The van der Waals surface area contributed by atoms with Crippen LogP contribution in [0.25, 0.3) is 0 Å². The van der Waals surface area contributed by atoms with Crippen LogP contribution in [0.2, 0.25) is 0 Å². The number of unbranched alkanes of at least 4 members (excludes halogenated alkanes) is 6. The first-order chi connectivity index (χ1) is 10.3. The first-order valence-corrected chi connectivity index (χ1v) is 9.48. The predicted octanol–water partition coefficient (Wildman–Crippen LogP) is 3.78. The number of nitrogens with zero attached hydrogens (tertiary/aromatic N) is 1. The van der Waals surface area contributed by atoms with Crippen LogP contribution in [-0.2, 0) is 0 Å². The average Bonchev–Trinajstić information content (AvgIpc) is 2.48. The zero-order chi connectivity index (χ0) is 15.6. The molecule has 0 spiro atoms. The van der Waals surface area contributed by atoms with Crippen LogP contribution in [0.5, 0.6) is 0 Å². The van der Waals surface area contributed by atoms with Gasteiger partial charge in [-0.05, 0) is 77.8 Å². The van der Waals surface area contributed by atoms with E-state index in [1.54, 1.807) is 0 Å². The summed E-state index contributed by atoms with van der Waals surface area (Å²) in [4.78, 5) is 2.62. The minimum absolute atomic E-state index is 0.849. The molecule has 0 rings (SSSR count). The molecule has 0 aromatic carbocycles. The zero-order valence-electron chi connectivity index (χ0n) is 14.8. The van der Waals surface area contributed by atoms with E-state index in [1.807, 2.05) is 0 Å². The van der Waals surface area contributed by atoms with E-state index in [0.717, 1.165) is 6.54 Å². The summed E-state index contributed by atoms with van der Waals surface area (Å²) in [6, 6.07) is 0. The highest BCUT2D eigenvalue weighted by Gasteiger charge is 2.01. The number of nitrogens with two attached hydrogens (primary N) is 1. The largest absolute Gasteiger partial charge is 0.330 e. The standard InChI is InChI=1S/C18H41N3/c1-3-16-21(17-4-2)18-12-8-7-11-15-20-14-10-6-5-9-13-19/h20H,3-19H2,1-2H3. The van der Waals surface area contributed by atoms with Crippen molar-refractivity contribution in [2.24, 2.45) is 5.73 Å². The highest BCUT2D eigenvalue weighted by molar-refractivity contribution is 4.57. The minimum Gasteiger partial charge on any atom is -0.330 e. The number of rotatable bonds is 17. The van der Waals surface area contributed by atoms with Crippen LogP contribution in [0.15, 0.2) is 0 Å². The number of hydrogen-bond acceptors (Lipinski definition) is 3. The smallest absolute Gasteiger partial charge is 0.00187 e. The Morgan fingerprint density at radius 2 is 1.19 bits per heavy atom. The molecule has 21 heavy (non-hydrogen) atoms. The van der Waals surface area contributed by atoms with E-state index in [2.05, 4.69) is 24.1 Å². The summed E-state index contributed by atoms with van der Waals surface area (Å²) in [5.74, 6) is 0. The van der Waals surface area contributed by atoms with Crippen LogP contribution >= 0.6 is 0 Å². The Hall–Kier alpha value is -0.120. The van der Waals surface area contributed by atoms with Crippen LogP contribution in [0, 0.1) is 0 Å². The van der Waals surface area contributed by atoms with Crippen molar-refractivity contribution in [3.8, 4) is 0 Å². The summed E-state index contributed by atoms with van der Waals surface area (Å²) in [5, 5.41) is 3.56. The van der Waals surface area contributed by atoms with Crippen molar-refractivity contribution in [1.29, 1.82) is 0 Å². The lowest BCUT2D eigenvalue weighted by Gasteiger charge is -2.20. The summed E-state index contributed by atoms with van der Waals surface area (Å²) in [5.41, 5.74) is 5.48. The van der Waals surface area contributed by atoms with Gasteiger partial charge in [-0.3, -0.25) is 0 Å². The third-order valence-electron chi connectivity index (χ3n) is 3.97. The van der Waals surface area contributed by atoms with Crippen LogP contribution in [-0.4, -0.2) is 44.2 Å². The maximum absolute atomic E-state index is 5.48. The maximum atomic E-state index is 5.48. The lowest BCUT2D eigenvalue weighted by atomic mass is 10.1. The fourth-order valence-electron chi connectivity index (χ4n) is 2.78. The molecule has 0 radical (unpaired) electrons. The molecule has 3 heteroatoms. The minimum atomic E-state index is 0.849. The fourth-order valence-corrected chi connectivity index (χ4v) is 2.78. The van der Waals surface area contributed by atoms with E-state index < -0.39 is 0 Å². The number of nitrogens with one attached hydrogen (secondary N) is 1. The van der Waals surface area contributed by atoms with Crippen LogP contribution < -0.4 is 11.1 Å². The van der Waals surface area contributed by atoms with Gasteiger partial charge >= 0.3 is 0 Å². The van der Waals surface area contributed by atoms with Crippen molar-refractivity contribution in [3.05, 3.63) is 0 Å². The van der Waals surface area contributed by atoms with Crippen LogP contribution in [0.3, 0.4) is 0 Å². The van der Waals surface area contributed by atoms with Crippen molar-refractivity contribution in [2.75, 3.05) is 39.3 Å². The lowest BCUT2D eigenvalue weighted by molar-refractivity contribution is 0.268. The van der Waals surface area contributed by atoms with Gasteiger partial charge in [0.2, 0.25) is 0 Å². The first kappa shape index (κ1) is 20.9. The Morgan fingerprint density at radius 1 is 0.667 bits per heavy atom. The van der Waals surface area contributed by atoms with E-state index in [0.29, 0.717) is 0 Å². The summed E-state index contributed by atoms with van der Waals surface area (Å²) in [6.45, 7) is 11.7. The average molecular weight is 300 g/mol. The summed E-state index contributed by atoms with van der Waals surface area (Å²) in [6.07, 6.45) is 13.2. The zero-order valence-corrected chi connectivity index (χ0v) is 14.8. The molecular weight excluding hydrogens is 258 g/mol. The molecule has 0 aliphatic rings. The van der Waals surface area contributed by atoms with E-state index in [-0.39, 0.29) is 0 Å².